The number of halogens is 1. The van der Waals surface area contributed by atoms with Crippen molar-refractivity contribution >= 4 is 28.9 Å². The van der Waals surface area contributed by atoms with Gasteiger partial charge in [0.1, 0.15) is 0 Å². The van der Waals surface area contributed by atoms with Crippen LogP contribution in [0.2, 0.25) is 0 Å². The highest BCUT2D eigenvalue weighted by atomic mass is 35.5. The van der Waals surface area contributed by atoms with Crippen LogP contribution in [0.25, 0.3) is 10.8 Å². The average molecular weight is 250 g/mol. The van der Waals surface area contributed by atoms with Crippen molar-refractivity contribution in [3.8, 4) is 0 Å². The zero-order chi connectivity index (χ0) is 10.8. The van der Waals surface area contributed by atoms with Gasteiger partial charge in [0.05, 0.1) is 0 Å². The summed E-state index contributed by atoms with van der Waals surface area (Å²) in [5.41, 5.74) is 1.20. The molecule has 2 heterocycles. The highest BCUT2D eigenvalue weighted by Gasteiger charge is 2.13. The van der Waals surface area contributed by atoms with E-state index in [-0.39, 0.29) is 12.4 Å². The zero-order valence-corrected chi connectivity index (χ0v) is 10.3. The molecule has 0 radical (unpaired) electrons. The number of hydrogen-bond donors (Lipinski definition) is 2. The number of benzene rings is 1. The first kappa shape index (κ1) is 12.1. The summed E-state index contributed by atoms with van der Waals surface area (Å²) in [7, 11) is 0. The molecule has 1 atom stereocenters. The minimum absolute atomic E-state index is 0. The largest absolute Gasteiger partial charge is 0.381 e. The van der Waals surface area contributed by atoms with Crippen molar-refractivity contribution in [3.05, 3.63) is 36.7 Å². The Morgan fingerprint density at radius 3 is 3.00 bits per heavy atom. The maximum absolute atomic E-state index is 4.12. The fourth-order valence-corrected chi connectivity index (χ4v) is 2.19. The van der Waals surface area contributed by atoms with Crippen LogP contribution in [0, 0.1) is 0 Å². The van der Waals surface area contributed by atoms with Crippen LogP contribution in [0.5, 0.6) is 0 Å². The van der Waals surface area contributed by atoms with Crippen LogP contribution in [0.4, 0.5) is 5.69 Å². The number of nitrogens with one attached hydrogen (secondary N) is 2. The van der Waals surface area contributed by atoms with Crippen LogP contribution in [0.1, 0.15) is 6.42 Å². The number of fused-ring (bicyclic) bond motifs is 1. The first-order valence-corrected chi connectivity index (χ1v) is 5.73. The lowest BCUT2D eigenvalue weighted by atomic mass is 10.1. The minimum Gasteiger partial charge on any atom is -0.381 e. The summed E-state index contributed by atoms with van der Waals surface area (Å²) in [5.74, 6) is 0. The van der Waals surface area contributed by atoms with Crippen LogP contribution in [-0.4, -0.2) is 24.1 Å². The first-order chi connectivity index (χ1) is 7.92. The number of hydrogen-bond acceptors (Lipinski definition) is 3. The smallest absolute Gasteiger partial charge is 0.0398 e. The molecule has 0 aliphatic carbocycles. The van der Waals surface area contributed by atoms with E-state index in [4.69, 9.17) is 0 Å². The van der Waals surface area contributed by atoms with Gasteiger partial charge in [-0.15, -0.1) is 12.4 Å². The Morgan fingerprint density at radius 1 is 1.24 bits per heavy atom. The summed E-state index contributed by atoms with van der Waals surface area (Å²) in [6.07, 6.45) is 4.94. The van der Waals surface area contributed by atoms with E-state index < -0.39 is 0 Å². The SMILES string of the molecule is Cl.c1cc2cc(NC3CCNC3)ccc2cn1. The van der Waals surface area contributed by atoms with Crippen molar-refractivity contribution in [2.45, 2.75) is 12.5 Å². The van der Waals surface area contributed by atoms with E-state index in [0.717, 1.165) is 13.1 Å². The summed E-state index contributed by atoms with van der Waals surface area (Å²) in [4.78, 5) is 4.12. The van der Waals surface area contributed by atoms with Crippen molar-refractivity contribution in [3.63, 3.8) is 0 Å². The molecule has 2 N–H and O–H groups in total. The lowest BCUT2D eigenvalue weighted by molar-refractivity contribution is 0.793. The summed E-state index contributed by atoms with van der Waals surface area (Å²) in [6.45, 7) is 2.18. The molecule has 1 unspecified atom stereocenters. The zero-order valence-electron chi connectivity index (χ0n) is 9.52. The third-order valence-electron chi connectivity index (χ3n) is 3.07. The quantitative estimate of drug-likeness (QED) is 0.859. The molecule has 1 aliphatic rings. The van der Waals surface area contributed by atoms with Gasteiger partial charge in [0.25, 0.3) is 0 Å². The second-order valence-corrected chi connectivity index (χ2v) is 4.27. The molecule has 1 fully saturated rings. The third kappa shape index (κ3) is 2.68. The van der Waals surface area contributed by atoms with Crippen molar-refractivity contribution in [1.82, 2.24) is 10.3 Å². The van der Waals surface area contributed by atoms with Gasteiger partial charge in [-0.25, -0.2) is 0 Å². The molecule has 1 saturated heterocycles. The Bertz CT molecular complexity index is 495. The fourth-order valence-electron chi connectivity index (χ4n) is 2.19. The molecule has 3 rings (SSSR count). The highest BCUT2D eigenvalue weighted by Crippen LogP contribution is 2.19. The second-order valence-electron chi connectivity index (χ2n) is 4.27. The van der Waals surface area contributed by atoms with Crippen molar-refractivity contribution < 1.29 is 0 Å². The number of anilines is 1. The molecular formula is C13H16ClN3. The van der Waals surface area contributed by atoms with Crippen LogP contribution in [0.3, 0.4) is 0 Å². The first-order valence-electron chi connectivity index (χ1n) is 5.73. The number of nitrogens with zero attached hydrogens (tertiary/aromatic N) is 1. The van der Waals surface area contributed by atoms with E-state index in [2.05, 4.69) is 33.8 Å². The van der Waals surface area contributed by atoms with Crippen LogP contribution in [0.15, 0.2) is 36.7 Å². The van der Waals surface area contributed by atoms with Crippen molar-refractivity contribution in [2.24, 2.45) is 0 Å². The van der Waals surface area contributed by atoms with Crippen LogP contribution < -0.4 is 10.6 Å². The normalized spacial score (nSPS) is 18.9. The van der Waals surface area contributed by atoms with Gasteiger partial charge >= 0.3 is 0 Å². The second kappa shape index (κ2) is 5.34. The molecule has 4 heteroatoms. The van der Waals surface area contributed by atoms with Gasteiger partial charge in [0.15, 0.2) is 0 Å². The van der Waals surface area contributed by atoms with E-state index in [1.165, 1.54) is 22.9 Å². The van der Waals surface area contributed by atoms with Gasteiger partial charge in [-0.1, -0.05) is 6.07 Å². The molecule has 0 amide bonds. The predicted octanol–water partition coefficient (Wildman–Crippen LogP) is 2.43. The van der Waals surface area contributed by atoms with Gasteiger partial charge in [-0.2, -0.15) is 0 Å². The van der Waals surface area contributed by atoms with Crippen molar-refractivity contribution in [2.75, 3.05) is 18.4 Å². The number of aromatic nitrogens is 1. The Hall–Kier alpha value is -1.32. The van der Waals surface area contributed by atoms with Gasteiger partial charge in [0.2, 0.25) is 0 Å². The molecule has 2 aromatic rings. The molecule has 17 heavy (non-hydrogen) atoms. The van der Waals surface area contributed by atoms with Gasteiger partial charge in [-0.05, 0) is 36.6 Å². The molecule has 1 aromatic heterocycles. The van der Waals surface area contributed by atoms with Crippen LogP contribution >= 0.6 is 12.4 Å². The van der Waals surface area contributed by atoms with E-state index in [9.17, 15) is 0 Å². The van der Waals surface area contributed by atoms with E-state index in [1.54, 1.807) is 0 Å². The fraction of sp³-hybridized carbons (Fsp3) is 0.308. The van der Waals surface area contributed by atoms with Gasteiger partial charge < -0.3 is 10.6 Å². The maximum Gasteiger partial charge on any atom is 0.0398 e. The molecule has 3 nitrogen and oxygen atoms in total. The number of rotatable bonds is 2. The average Bonchev–Trinajstić information content (AvgIpc) is 2.82. The summed E-state index contributed by atoms with van der Waals surface area (Å²) in [5, 5.41) is 9.34. The molecule has 0 spiro atoms. The molecule has 1 aromatic carbocycles. The Labute approximate surface area is 107 Å². The molecular weight excluding hydrogens is 234 g/mol. The van der Waals surface area contributed by atoms with Gasteiger partial charge in [-0.3, -0.25) is 4.98 Å². The number of pyridine rings is 1. The topological polar surface area (TPSA) is 37.0 Å². The maximum atomic E-state index is 4.12. The van der Waals surface area contributed by atoms with E-state index in [0.29, 0.717) is 6.04 Å². The summed E-state index contributed by atoms with van der Waals surface area (Å²) in [6, 6.07) is 9.05. The van der Waals surface area contributed by atoms with Gasteiger partial charge in [0, 0.05) is 36.1 Å². The Balaban J connectivity index is 0.00000108. The highest BCUT2D eigenvalue weighted by molar-refractivity contribution is 5.85. The van der Waals surface area contributed by atoms with Crippen molar-refractivity contribution in [1.29, 1.82) is 0 Å². The third-order valence-corrected chi connectivity index (χ3v) is 3.07. The minimum atomic E-state index is 0. The molecule has 1 aliphatic heterocycles. The monoisotopic (exact) mass is 249 g/mol. The molecule has 0 saturated carbocycles. The van der Waals surface area contributed by atoms with E-state index >= 15 is 0 Å². The lowest BCUT2D eigenvalue weighted by Gasteiger charge is -2.13. The Morgan fingerprint density at radius 2 is 2.18 bits per heavy atom. The lowest BCUT2D eigenvalue weighted by Crippen LogP contribution is -2.21. The molecule has 0 bridgehead atoms. The molecule has 90 valence electrons. The summed E-state index contributed by atoms with van der Waals surface area (Å²) >= 11 is 0. The van der Waals surface area contributed by atoms with Crippen LogP contribution in [-0.2, 0) is 0 Å². The van der Waals surface area contributed by atoms with E-state index in [1.807, 2.05) is 18.5 Å². The predicted molar refractivity (Wildman–Crippen MR) is 73.9 cm³/mol. The standard InChI is InChI=1S/C13H15N3.ClH/c1-2-12(16-13-4-6-15-9-13)7-10-3-5-14-8-11(1)10;/h1-3,5,7-8,13,15-16H,4,6,9H2;1H. The Kier molecular flexibility index (Phi) is 3.82. The summed E-state index contributed by atoms with van der Waals surface area (Å²) < 4.78 is 0.